The molecule has 0 amide bonds. The van der Waals surface area contributed by atoms with Gasteiger partial charge in [-0.15, -0.1) is 0 Å². The van der Waals surface area contributed by atoms with Crippen molar-refractivity contribution in [3.8, 4) is 0 Å². The molecule has 2 rings (SSSR count). The Bertz CT molecular complexity index is 693. The molecule has 1 N–H and O–H groups in total. The summed E-state index contributed by atoms with van der Waals surface area (Å²) < 4.78 is 5.43. The fourth-order valence-electron chi connectivity index (χ4n) is 3.26. The summed E-state index contributed by atoms with van der Waals surface area (Å²) in [6, 6.07) is 5.16. The van der Waals surface area contributed by atoms with Gasteiger partial charge in [-0.25, -0.2) is 4.79 Å². The molecule has 1 fully saturated rings. The van der Waals surface area contributed by atoms with E-state index in [4.69, 9.17) is 9.84 Å². The van der Waals surface area contributed by atoms with Crippen LogP contribution in [0.5, 0.6) is 0 Å². The number of carboxylic acids is 1. The molecule has 0 aliphatic carbocycles. The smallest absolute Gasteiger partial charge is 0.328 e. The molecule has 7 nitrogen and oxygen atoms in total. The number of hydrogen-bond acceptors (Lipinski definition) is 5. The van der Waals surface area contributed by atoms with Crippen LogP contribution in [0.1, 0.15) is 39.2 Å². The van der Waals surface area contributed by atoms with Gasteiger partial charge in [-0.1, -0.05) is 19.9 Å². The van der Waals surface area contributed by atoms with Crippen LogP contribution >= 0.6 is 0 Å². The Morgan fingerprint density at radius 1 is 1.42 bits per heavy atom. The lowest BCUT2D eigenvalue weighted by Crippen LogP contribution is -2.42. The highest BCUT2D eigenvalue weighted by Crippen LogP contribution is 2.35. The third-order valence-electron chi connectivity index (χ3n) is 4.47. The molecule has 0 spiro atoms. The highest BCUT2D eigenvalue weighted by atomic mass is 16.6. The van der Waals surface area contributed by atoms with Gasteiger partial charge >= 0.3 is 5.97 Å². The van der Waals surface area contributed by atoms with Gasteiger partial charge in [0.05, 0.1) is 4.92 Å². The fraction of sp³-hybridized carbons (Fsp3) is 0.526. The van der Waals surface area contributed by atoms with Crippen LogP contribution in [0.15, 0.2) is 24.3 Å². The van der Waals surface area contributed by atoms with Gasteiger partial charge in [0, 0.05) is 37.9 Å². The lowest BCUT2D eigenvalue weighted by Gasteiger charge is -2.37. The summed E-state index contributed by atoms with van der Waals surface area (Å²) in [6.07, 6.45) is 2.73. The molecule has 0 radical (unpaired) electrons. The molecule has 1 aromatic rings. The summed E-state index contributed by atoms with van der Waals surface area (Å²) in [4.78, 5) is 24.3. The summed E-state index contributed by atoms with van der Waals surface area (Å²) in [5.74, 6) is -0.719. The molecule has 0 unspecified atom stereocenters. The highest BCUT2D eigenvalue weighted by Gasteiger charge is 2.28. The Labute approximate surface area is 153 Å². The molecule has 7 heteroatoms. The normalized spacial score (nSPS) is 15.9. The van der Waals surface area contributed by atoms with Gasteiger partial charge in [0.1, 0.15) is 5.69 Å². The van der Waals surface area contributed by atoms with Gasteiger partial charge in [-0.2, -0.15) is 0 Å². The number of rotatable bonds is 7. The number of anilines is 1. The van der Waals surface area contributed by atoms with E-state index in [1.54, 1.807) is 19.1 Å². The van der Waals surface area contributed by atoms with Gasteiger partial charge in [0.15, 0.2) is 0 Å². The van der Waals surface area contributed by atoms with Crippen LogP contribution in [0.3, 0.4) is 0 Å². The third kappa shape index (κ3) is 5.05. The molecule has 1 aromatic carbocycles. The minimum Gasteiger partial charge on any atom is -0.478 e. The molecule has 1 aliphatic heterocycles. The number of carbonyl (C=O) groups is 1. The van der Waals surface area contributed by atoms with Gasteiger partial charge in [-0.3, -0.25) is 10.1 Å². The van der Waals surface area contributed by atoms with Crippen LogP contribution < -0.4 is 4.90 Å². The molecule has 0 bridgehead atoms. The molecule has 1 aliphatic rings. The number of nitrogens with zero attached hydrogens (tertiary/aromatic N) is 2. The van der Waals surface area contributed by atoms with E-state index in [0.717, 1.165) is 25.5 Å². The van der Waals surface area contributed by atoms with E-state index in [-0.39, 0.29) is 16.7 Å². The Hall–Kier alpha value is -2.41. The largest absolute Gasteiger partial charge is 0.478 e. The quantitative estimate of drug-likeness (QED) is 0.451. The zero-order chi connectivity index (χ0) is 19.3. The standard InChI is InChI=1S/C19H26N2O5/c1-13(2)12-20(16-6-8-26-9-7-16)17-5-4-15(11-18(17)21(24)25)14(3)10-19(22)23/h4-5,10-11,13,16H,6-9,12H2,1-3H3,(H,22,23)/b14-10-. The number of benzene rings is 1. The van der Waals surface area contributed by atoms with Crippen molar-refractivity contribution in [2.75, 3.05) is 24.7 Å². The molecular weight excluding hydrogens is 336 g/mol. The second-order valence-corrected chi connectivity index (χ2v) is 7.02. The number of allylic oxidation sites excluding steroid dienone is 1. The molecule has 1 heterocycles. The molecule has 26 heavy (non-hydrogen) atoms. The van der Waals surface area contributed by atoms with Crippen molar-refractivity contribution in [1.82, 2.24) is 0 Å². The van der Waals surface area contributed by atoms with Gasteiger partial charge in [0.2, 0.25) is 0 Å². The first kappa shape index (κ1) is 19.9. The second kappa shape index (κ2) is 8.80. The predicted molar refractivity (Wildman–Crippen MR) is 100 cm³/mol. The maximum absolute atomic E-state index is 11.7. The topological polar surface area (TPSA) is 92.9 Å². The molecule has 142 valence electrons. The molecule has 0 aromatic heterocycles. The number of nitro groups is 1. The van der Waals surface area contributed by atoms with Crippen molar-refractivity contribution in [3.63, 3.8) is 0 Å². The third-order valence-corrected chi connectivity index (χ3v) is 4.47. The molecule has 0 atom stereocenters. The van der Waals surface area contributed by atoms with E-state index in [2.05, 4.69) is 18.7 Å². The summed E-state index contributed by atoms with van der Waals surface area (Å²) >= 11 is 0. The first-order chi connectivity index (χ1) is 12.3. The maximum Gasteiger partial charge on any atom is 0.328 e. The lowest BCUT2D eigenvalue weighted by molar-refractivity contribution is -0.384. The number of ether oxygens (including phenoxy) is 1. The van der Waals surface area contributed by atoms with Crippen molar-refractivity contribution in [1.29, 1.82) is 0 Å². The monoisotopic (exact) mass is 362 g/mol. The number of hydrogen-bond donors (Lipinski definition) is 1. The summed E-state index contributed by atoms with van der Waals surface area (Å²) in [5.41, 5.74) is 1.61. The van der Waals surface area contributed by atoms with Gasteiger partial charge in [-0.05, 0) is 42.9 Å². The summed E-state index contributed by atoms with van der Waals surface area (Å²) in [7, 11) is 0. The molecular formula is C19H26N2O5. The average molecular weight is 362 g/mol. The summed E-state index contributed by atoms with van der Waals surface area (Å²) in [6.45, 7) is 7.85. The highest BCUT2D eigenvalue weighted by molar-refractivity contribution is 5.90. The van der Waals surface area contributed by atoms with Crippen molar-refractivity contribution in [2.45, 2.75) is 39.7 Å². The minimum absolute atomic E-state index is 0.00720. The van der Waals surface area contributed by atoms with Gasteiger partial charge < -0.3 is 14.7 Å². The van der Waals surface area contributed by atoms with Crippen LogP contribution in [-0.2, 0) is 9.53 Å². The first-order valence-electron chi connectivity index (χ1n) is 8.84. The average Bonchev–Trinajstić information content (AvgIpc) is 2.59. The van der Waals surface area contributed by atoms with Crippen molar-refractivity contribution in [2.24, 2.45) is 5.92 Å². The van der Waals surface area contributed by atoms with Gasteiger partial charge in [0.25, 0.3) is 5.69 Å². The van der Waals surface area contributed by atoms with Crippen molar-refractivity contribution >= 4 is 22.9 Å². The van der Waals surface area contributed by atoms with Crippen LogP contribution in [0.25, 0.3) is 5.57 Å². The second-order valence-electron chi connectivity index (χ2n) is 7.02. The van der Waals surface area contributed by atoms with E-state index < -0.39 is 5.97 Å². The van der Waals surface area contributed by atoms with Crippen LogP contribution in [0, 0.1) is 16.0 Å². The zero-order valence-corrected chi connectivity index (χ0v) is 15.5. The zero-order valence-electron chi connectivity index (χ0n) is 15.5. The van der Waals surface area contributed by atoms with E-state index in [1.165, 1.54) is 6.07 Å². The van der Waals surface area contributed by atoms with E-state index >= 15 is 0 Å². The first-order valence-corrected chi connectivity index (χ1v) is 8.84. The Kier molecular flexibility index (Phi) is 6.74. The number of nitro benzene ring substituents is 1. The molecule has 1 saturated heterocycles. The Morgan fingerprint density at radius 2 is 2.08 bits per heavy atom. The predicted octanol–water partition coefficient (Wildman–Crippen LogP) is 3.72. The maximum atomic E-state index is 11.7. The van der Waals surface area contributed by atoms with Crippen LogP contribution in [-0.4, -0.2) is 41.8 Å². The van der Waals surface area contributed by atoms with Crippen LogP contribution in [0.2, 0.25) is 0 Å². The minimum atomic E-state index is -1.07. The van der Waals surface area contributed by atoms with Crippen molar-refractivity contribution < 1.29 is 19.6 Å². The van der Waals surface area contributed by atoms with Crippen LogP contribution in [0.4, 0.5) is 11.4 Å². The van der Waals surface area contributed by atoms with E-state index in [1.807, 2.05) is 0 Å². The van der Waals surface area contributed by atoms with Crippen molar-refractivity contribution in [3.05, 3.63) is 40.0 Å². The van der Waals surface area contributed by atoms with E-state index in [9.17, 15) is 14.9 Å². The lowest BCUT2D eigenvalue weighted by atomic mass is 10.0. The fourth-order valence-corrected chi connectivity index (χ4v) is 3.26. The number of aliphatic carboxylic acids is 1. The summed E-state index contributed by atoms with van der Waals surface area (Å²) in [5, 5.41) is 20.6. The Balaban J connectivity index is 2.46. The number of carboxylic acid groups (broad SMARTS) is 1. The Morgan fingerprint density at radius 3 is 2.62 bits per heavy atom. The molecule has 0 saturated carbocycles. The van der Waals surface area contributed by atoms with E-state index in [0.29, 0.717) is 36.0 Å². The SMILES string of the molecule is C/C(=C/C(=O)O)c1ccc(N(CC(C)C)C2CCOCC2)c([N+](=O)[O-])c1.